The summed E-state index contributed by atoms with van der Waals surface area (Å²) in [5.74, 6) is 0.966. The SMILES string of the molecule is CCOc1ccc(Br)cc1CNCCN(C)C. The van der Waals surface area contributed by atoms with Gasteiger partial charge in [0.15, 0.2) is 0 Å². The van der Waals surface area contributed by atoms with Crippen LogP contribution in [0.4, 0.5) is 0 Å². The Morgan fingerprint density at radius 2 is 2.12 bits per heavy atom. The lowest BCUT2D eigenvalue weighted by atomic mass is 10.2. The molecule has 0 unspecified atom stereocenters. The van der Waals surface area contributed by atoms with Crippen LogP contribution in [-0.4, -0.2) is 38.7 Å². The van der Waals surface area contributed by atoms with E-state index in [0.717, 1.165) is 29.9 Å². The second-order valence-electron chi connectivity index (χ2n) is 4.17. The Hall–Kier alpha value is -0.580. The third-order valence-corrected chi connectivity index (χ3v) is 2.87. The standard InChI is InChI=1S/C13H21BrN2O/c1-4-17-13-6-5-12(14)9-11(13)10-15-7-8-16(2)3/h5-6,9,15H,4,7-8,10H2,1-3H3. The maximum Gasteiger partial charge on any atom is 0.123 e. The lowest BCUT2D eigenvalue weighted by molar-refractivity contribution is 0.334. The minimum absolute atomic E-state index is 0.701. The topological polar surface area (TPSA) is 24.5 Å². The predicted octanol–water partition coefficient (Wildman–Crippen LogP) is 2.50. The van der Waals surface area contributed by atoms with Crippen molar-refractivity contribution in [1.82, 2.24) is 10.2 Å². The third kappa shape index (κ3) is 5.52. The van der Waals surface area contributed by atoms with E-state index in [1.807, 2.05) is 19.1 Å². The first-order valence-corrected chi connectivity index (χ1v) is 6.69. The van der Waals surface area contributed by atoms with Crippen LogP contribution in [0, 0.1) is 0 Å². The maximum absolute atomic E-state index is 5.60. The summed E-state index contributed by atoms with van der Waals surface area (Å²) in [5, 5.41) is 3.42. The van der Waals surface area contributed by atoms with E-state index in [0.29, 0.717) is 6.61 Å². The first-order valence-electron chi connectivity index (χ1n) is 5.90. The summed E-state index contributed by atoms with van der Waals surface area (Å²) < 4.78 is 6.69. The lowest BCUT2D eigenvalue weighted by Crippen LogP contribution is -2.26. The van der Waals surface area contributed by atoms with Crippen LogP contribution < -0.4 is 10.1 Å². The van der Waals surface area contributed by atoms with Crippen molar-refractivity contribution in [2.24, 2.45) is 0 Å². The van der Waals surface area contributed by atoms with Gasteiger partial charge in [0.2, 0.25) is 0 Å². The molecule has 17 heavy (non-hydrogen) atoms. The first kappa shape index (κ1) is 14.5. The van der Waals surface area contributed by atoms with Crippen LogP contribution in [0.1, 0.15) is 12.5 Å². The molecule has 0 fully saturated rings. The highest BCUT2D eigenvalue weighted by Crippen LogP contribution is 2.23. The molecular weight excluding hydrogens is 280 g/mol. The molecule has 0 aliphatic carbocycles. The molecule has 1 N–H and O–H groups in total. The fourth-order valence-electron chi connectivity index (χ4n) is 1.51. The number of halogens is 1. The van der Waals surface area contributed by atoms with Gasteiger partial charge in [-0.05, 0) is 39.2 Å². The molecule has 0 heterocycles. The Kier molecular flexibility index (Phi) is 6.55. The second-order valence-corrected chi connectivity index (χ2v) is 5.08. The molecule has 0 aromatic heterocycles. The van der Waals surface area contributed by atoms with Crippen LogP contribution in [0.5, 0.6) is 5.75 Å². The van der Waals surface area contributed by atoms with E-state index in [9.17, 15) is 0 Å². The Bertz CT molecular complexity index is 342. The first-order chi connectivity index (χ1) is 8.13. The summed E-state index contributed by atoms with van der Waals surface area (Å²) in [6.07, 6.45) is 0. The van der Waals surface area contributed by atoms with E-state index < -0.39 is 0 Å². The van der Waals surface area contributed by atoms with E-state index in [1.165, 1.54) is 5.56 Å². The predicted molar refractivity (Wildman–Crippen MR) is 75.6 cm³/mol. The van der Waals surface area contributed by atoms with Gasteiger partial charge in [0.1, 0.15) is 5.75 Å². The minimum atomic E-state index is 0.701. The second kappa shape index (κ2) is 7.69. The van der Waals surface area contributed by atoms with Gasteiger partial charge >= 0.3 is 0 Å². The fourth-order valence-corrected chi connectivity index (χ4v) is 1.92. The molecule has 0 bridgehead atoms. The highest BCUT2D eigenvalue weighted by molar-refractivity contribution is 9.10. The number of hydrogen-bond acceptors (Lipinski definition) is 3. The Morgan fingerprint density at radius 3 is 2.76 bits per heavy atom. The molecule has 0 aliphatic heterocycles. The molecule has 96 valence electrons. The Labute approximate surface area is 112 Å². The van der Waals surface area contributed by atoms with E-state index in [1.54, 1.807) is 0 Å². The van der Waals surface area contributed by atoms with Gasteiger partial charge in [0.25, 0.3) is 0 Å². The maximum atomic E-state index is 5.60. The molecule has 0 saturated heterocycles. The molecule has 0 aliphatic rings. The number of benzene rings is 1. The van der Waals surface area contributed by atoms with Crippen LogP contribution in [0.25, 0.3) is 0 Å². The van der Waals surface area contributed by atoms with E-state index in [4.69, 9.17) is 4.74 Å². The molecule has 4 heteroatoms. The molecule has 3 nitrogen and oxygen atoms in total. The van der Waals surface area contributed by atoms with Gasteiger partial charge in [0.05, 0.1) is 6.61 Å². The third-order valence-electron chi connectivity index (χ3n) is 2.37. The zero-order valence-electron chi connectivity index (χ0n) is 10.8. The summed E-state index contributed by atoms with van der Waals surface area (Å²) in [6.45, 7) is 5.56. The molecule has 0 amide bonds. The van der Waals surface area contributed by atoms with Crippen molar-refractivity contribution in [3.8, 4) is 5.75 Å². The summed E-state index contributed by atoms with van der Waals surface area (Å²) in [5.41, 5.74) is 1.19. The zero-order chi connectivity index (χ0) is 12.7. The molecule has 0 saturated carbocycles. The number of nitrogens with one attached hydrogen (secondary N) is 1. The van der Waals surface area contributed by atoms with Gasteiger partial charge < -0.3 is 15.0 Å². The average molecular weight is 301 g/mol. The monoisotopic (exact) mass is 300 g/mol. The smallest absolute Gasteiger partial charge is 0.123 e. The van der Waals surface area contributed by atoms with Gasteiger partial charge in [0, 0.05) is 29.7 Å². The van der Waals surface area contributed by atoms with Gasteiger partial charge in [-0.3, -0.25) is 0 Å². The van der Waals surface area contributed by atoms with Gasteiger partial charge in [-0.15, -0.1) is 0 Å². The van der Waals surface area contributed by atoms with E-state index in [2.05, 4.69) is 46.3 Å². The highest BCUT2D eigenvalue weighted by atomic mass is 79.9. The molecule has 1 rings (SSSR count). The van der Waals surface area contributed by atoms with Crippen molar-refractivity contribution in [1.29, 1.82) is 0 Å². The number of ether oxygens (including phenoxy) is 1. The fraction of sp³-hybridized carbons (Fsp3) is 0.538. The van der Waals surface area contributed by atoms with Gasteiger partial charge in [-0.2, -0.15) is 0 Å². The van der Waals surface area contributed by atoms with Crippen molar-refractivity contribution in [3.05, 3.63) is 28.2 Å². The lowest BCUT2D eigenvalue weighted by Gasteiger charge is -2.13. The number of rotatable bonds is 7. The van der Waals surface area contributed by atoms with E-state index in [-0.39, 0.29) is 0 Å². The Morgan fingerprint density at radius 1 is 1.35 bits per heavy atom. The van der Waals surface area contributed by atoms with Gasteiger partial charge in [-0.25, -0.2) is 0 Å². The molecule has 0 atom stereocenters. The van der Waals surface area contributed by atoms with Crippen molar-refractivity contribution >= 4 is 15.9 Å². The van der Waals surface area contributed by atoms with Crippen molar-refractivity contribution in [3.63, 3.8) is 0 Å². The van der Waals surface area contributed by atoms with E-state index >= 15 is 0 Å². The number of hydrogen-bond donors (Lipinski definition) is 1. The average Bonchev–Trinajstić information content (AvgIpc) is 2.28. The van der Waals surface area contributed by atoms with Crippen molar-refractivity contribution in [2.45, 2.75) is 13.5 Å². The van der Waals surface area contributed by atoms with Crippen LogP contribution in [0.3, 0.4) is 0 Å². The summed E-state index contributed by atoms with van der Waals surface area (Å²) in [7, 11) is 4.15. The quantitative estimate of drug-likeness (QED) is 0.783. The van der Waals surface area contributed by atoms with Crippen molar-refractivity contribution < 1.29 is 4.74 Å². The number of likely N-dealkylation sites (N-methyl/N-ethyl adjacent to an activating group) is 1. The van der Waals surface area contributed by atoms with Crippen LogP contribution >= 0.6 is 15.9 Å². The summed E-state index contributed by atoms with van der Waals surface area (Å²) in [4.78, 5) is 2.16. The van der Waals surface area contributed by atoms with Gasteiger partial charge in [-0.1, -0.05) is 15.9 Å². The largest absolute Gasteiger partial charge is 0.494 e. The van der Waals surface area contributed by atoms with Crippen molar-refractivity contribution in [2.75, 3.05) is 33.8 Å². The molecule has 1 aromatic rings. The van der Waals surface area contributed by atoms with Crippen LogP contribution in [-0.2, 0) is 6.54 Å². The minimum Gasteiger partial charge on any atom is -0.494 e. The van der Waals surface area contributed by atoms with Crippen LogP contribution in [0.2, 0.25) is 0 Å². The number of nitrogens with zero attached hydrogens (tertiary/aromatic N) is 1. The molecule has 0 radical (unpaired) electrons. The zero-order valence-corrected chi connectivity index (χ0v) is 12.4. The molecule has 1 aromatic carbocycles. The summed E-state index contributed by atoms with van der Waals surface area (Å²) in [6, 6.07) is 6.12. The summed E-state index contributed by atoms with van der Waals surface area (Å²) >= 11 is 3.49. The normalized spacial score (nSPS) is 10.9. The Balaban J connectivity index is 2.52. The highest BCUT2D eigenvalue weighted by Gasteiger charge is 2.03. The van der Waals surface area contributed by atoms with Crippen LogP contribution in [0.15, 0.2) is 22.7 Å². The molecular formula is C13H21BrN2O. The molecule has 0 spiro atoms.